The molecule has 0 saturated carbocycles. The Balaban J connectivity index is 1.63. The van der Waals surface area contributed by atoms with Crippen molar-refractivity contribution in [2.24, 2.45) is 0 Å². The predicted octanol–water partition coefficient (Wildman–Crippen LogP) is 1.66. The minimum absolute atomic E-state index is 0.123. The van der Waals surface area contributed by atoms with Crippen LogP contribution in [0.3, 0.4) is 0 Å². The Morgan fingerprint density at radius 2 is 2.33 bits per heavy atom. The second kappa shape index (κ2) is 7.35. The fourth-order valence-electron chi connectivity index (χ4n) is 2.23. The van der Waals surface area contributed by atoms with E-state index in [2.05, 4.69) is 27.4 Å². The van der Waals surface area contributed by atoms with Crippen molar-refractivity contribution in [1.82, 2.24) is 24.9 Å². The maximum absolute atomic E-state index is 11.9. The summed E-state index contributed by atoms with van der Waals surface area (Å²) in [5.41, 5.74) is 7.54. The minimum Gasteiger partial charge on any atom is -0.467 e. The average molecular weight is 346 g/mol. The molecule has 0 radical (unpaired) electrons. The number of amides is 1. The number of fused-ring (bicyclic) bond motifs is 1. The monoisotopic (exact) mass is 346 g/mol. The number of hydrogen-bond acceptors (Lipinski definition) is 7. The highest BCUT2D eigenvalue weighted by Crippen LogP contribution is 2.20. The van der Waals surface area contributed by atoms with Gasteiger partial charge in [-0.3, -0.25) is 4.79 Å². The van der Waals surface area contributed by atoms with E-state index >= 15 is 0 Å². The molecule has 0 aliphatic carbocycles. The summed E-state index contributed by atoms with van der Waals surface area (Å²) < 4.78 is 6.82. The summed E-state index contributed by atoms with van der Waals surface area (Å²) in [6.07, 6.45) is 3.39. The molecule has 0 spiro atoms. The van der Waals surface area contributed by atoms with Crippen LogP contribution < -0.4 is 11.1 Å². The smallest absolute Gasteiger partial charge is 0.230 e. The van der Waals surface area contributed by atoms with Gasteiger partial charge >= 0.3 is 0 Å². The molecule has 3 rings (SSSR count). The molecule has 0 saturated heterocycles. The lowest BCUT2D eigenvalue weighted by Crippen LogP contribution is -2.24. The Morgan fingerprint density at radius 3 is 3.08 bits per heavy atom. The summed E-state index contributed by atoms with van der Waals surface area (Å²) in [7, 11) is 0. The van der Waals surface area contributed by atoms with Crippen LogP contribution in [0.4, 0.5) is 5.95 Å². The number of hydrogen-bond donors (Lipinski definition) is 2. The van der Waals surface area contributed by atoms with E-state index in [1.807, 2.05) is 6.07 Å². The number of nitrogens with two attached hydrogens (primary N) is 1. The Labute approximate surface area is 142 Å². The highest BCUT2D eigenvalue weighted by molar-refractivity contribution is 7.99. The van der Waals surface area contributed by atoms with Crippen molar-refractivity contribution < 1.29 is 9.21 Å². The van der Waals surface area contributed by atoms with E-state index in [9.17, 15) is 4.79 Å². The number of nitrogens with zero attached hydrogens (tertiary/aromatic N) is 4. The van der Waals surface area contributed by atoms with Crippen molar-refractivity contribution in [3.05, 3.63) is 35.9 Å². The van der Waals surface area contributed by atoms with Gasteiger partial charge in [-0.1, -0.05) is 25.1 Å². The van der Waals surface area contributed by atoms with Crippen molar-refractivity contribution in [1.29, 1.82) is 0 Å². The maximum Gasteiger partial charge on any atom is 0.230 e. The first-order chi connectivity index (χ1) is 11.7. The van der Waals surface area contributed by atoms with E-state index in [1.54, 1.807) is 22.8 Å². The second-order valence-electron chi connectivity index (χ2n) is 5.18. The SMILES string of the molecule is CCCc1cc2nnc(SCC(=O)NCc3ccco3)n2c(N)n1. The standard InChI is InChI=1S/C15H18N6O2S/c1-2-4-10-7-12-19-20-15(21(12)14(16)18-10)24-9-13(22)17-8-11-5-3-6-23-11/h3,5-7H,2,4,8-9H2,1H3,(H2,16,18)(H,17,22). The van der Waals surface area contributed by atoms with Crippen LogP contribution in [0.1, 0.15) is 24.8 Å². The predicted molar refractivity (Wildman–Crippen MR) is 90.5 cm³/mol. The van der Waals surface area contributed by atoms with Gasteiger partial charge in [0.05, 0.1) is 18.6 Å². The van der Waals surface area contributed by atoms with Crippen molar-refractivity contribution in [3.63, 3.8) is 0 Å². The maximum atomic E-state index is 11.9. The van der Waals surface area contributed by atoms with Gasteiger partial charge in [-0.25, -0.2) is 9.38 Å². The molecule has 0 bridgehead atoms. The van der Waals surface area contributed by atoms with Gasteiger partial charge in [-0.2, -0.15) is 0 Å². The fourth-order valence-corrected chi connectivity index (χ4v) is 3.00. The third-order valence-electron chi connectivity index (χ3n) is 3.32. The van der Waals surface area contributed by atoms with E-state index in [0.717, 1.165) is 18.5 Å². The molecule has 3 aromatic heterocycles. The Kier molecular flexibility index (Phi) is 4.99. The number of aryl methyl sites for hydroxylation is 1. The molecule has 1 amide bonds. The van der Waals surface area contributed by atoms with Crippen LogP contribution in [0, 0.1) is 0 Å². The molecule has 0 fully saturated rings. The normalized spacial score (nSPS) is 11.0. The summed E-state index contributed by atoms with van der Waals surface area (Å²) >= 11 is 1.26. The van der Waals surface area contributed by atoms with Gasteiger partial charge < -0.3 is 15.5 Å². The van der Waals surface area contributed by atoms with E-state index < -0.39 is 0 Å². The number of carbonyl (C=O) groups is 1. The zero-order chi connectivity index (χ0) is 16.9. The van der Waals surface area contributed by atoms with Crippen LogP contribution in [0.15, 0.2) is 34.0 Å². The topological polar surface area (TPSA) is 111 Å². The third kappa shape index (κ3) is 3.67. The van der Waals surface area contributed by atoms with Crippen molar-refractivity contribution >= 4 is 29.3 Å². The van der Waals surface area contributed by atoms with E-state index in [0.29, 0.717) is 29.1 Å². The molecule has 0 aliphatic rings. The largest absolute Gasteiger partial charge is 0.467 e. The molecule has 9 heteroatoms. The Hall–Kier alpha value is -2.55. The first-order valence-corrected chi connectivity index (χ1v) is 8.58. The first kappa shape index (κ1) is 16.3. The third-order valence-corrected chi connectivity index (χ3v) is 4.25. The number of furan rings is 1. The lowest BCUT2D eigenvalue weighted by Gasteiger charge is -2.05. The molecule has 3 N–H and O–H groups in total. The lowest BCUT2D eigenvalue weighted by molar-refractivity contribution is -0.118. The summed E-state index contributed by atoms with van der Waals surface area (Å²) in [4.78, 5) is 16.3. The molecule has 0 aliphatic heterocycles. The van der Waals surface area contributed by atoms with Gasteiger partial charge in [-0.05, 0) is 18.6 Å². The summed E-state index contributed by atoms with van der Waals surface area (Å²) in [6.45, 7) is 2.44. The molecule has 126 valence electrons. The summed E-state index contributed by atoms with van der Waals surface area (Å²) in [5.74, 6) is 1.12. The molecule has 0 aromatic carbocycles. The fraction of sp³-hybridized carbons (Fsp3) is 0.333. The molecule has 24 heavy (non-hydrogen) atoms. The quantitative estimate of drug-likeness (QED) is 0.626. The van der Waals surface area contributed by atoms with Crippen molar-refractivity contribution in [2.75, 3.05) is 11.5 Å². The van der Waals surface area contributed by atoms with Crippen LogP contribution in [-0.4, -0.2) is 31.2 Å². The molecule has 0 unspecified atom stereocenters. The second-order valence-corrected chi connectivity index (χ2v) is 6.12. The highest BCUT2D eigenvalue weighted by Gasteiger charge is 2.13. The van der Waals surface area contributed by atoms with Crippen LogP contribution in [0.25, 0.3) is 5.65 Å². The molecule has 3 aromatic rings. The first-order valence-electron chi connectivity index (χ1n) is 7.59. The lowest BCUT2D eigenvalue weighted by atomic mass is 10.2. The van der Waals surface area contributed by atoms with Crippen molar-refractivity contribution in [3.8, 4) is 0 Å². The van der Waals surface area contributed by atoms with Gasteiger partial charge in [0.15, 0.2) is 10.8 Å². The van der Waals surface area contributed by atoms with E-state index in [-0.39, 0.29) is 11.7 Å². The summed E-state index contributed by atoms with van der Waals surface area (Å²) in [5, 5.41) is 11.5. The number of rotatable bonds is 7. The molecule has 8 nitrogen and oxygen atoms in total. The highest BCUT2D eigenvalue weighted by atomic mass is 32.2. The summed E-state index contributed by atoms with van der Waals surface area (Å²) in [6, 6.07) is 5.45. The minimum atomic E-state index is -0.123. The van der Waals surface area contributed by atoms with Gasteiger partial charge in [-0.15, -0.1) is 10.2 Å². The number of nitrogens with one attached hydrogen (secondary N) is 1. The Morgan fingerprint density at radius 1 is 1.46 bits per heavy atom. The number of nitrogen functional groups attached to an aromatic ring is 1. The van der Waals surface area contributed by atoms with E-state index in [4.69, 9.17) is 10.2 Å². The van der Waals surface area contributed by atoms with Gasteiger partial charge in [0.25, 0.3) is 0 Å². The van der Waals surface area contributed by atoms with Gasteiger partial charge in [0, 0.05) is 11.8 Å². The molecule has 0 atom stereocenters. The Bertz CT molecular complexity index is 830. The zero-order valence-corrected chi connectivity index (χ0v) is 14.0. The van der Waals surface area contributed by atoms with Crippen LogP contribution in [0.2, 0.25) is 0 Å². The molecular formula is C15H18N6O2S. The number of carbonyl (C=O) groups excluding carboxylic acids is 1. The van der Waals surface area contributed by atoms with Gasteiger partial charge in [0.2, 0.25) is 11.9 Å². The number of anilines is 1. The van der Waals surface area contributed by atoms with Crippen molar-refractivity contribution in [2.45, 2.75) is 31.5 Å². The van der Waals surface area contributed by atoms with Crippen LogP contribution >= 0.6 is 11.8 Å². The molecular weight excluding hydrogens is 328 g/mol. The zero-order valence-electron chi connectivity index (χ0n) is 13.2. The molecule has 3 heterocycles. The van der Waals surface area contributed by atoms with E-state index in [1.165, 1.54) is 11.8 Å². The van der Waals surface area contributed by atoms with Crippen LogP contribution in [0.5, 0.6) is 0 Å². The van der Waals surface area contributed by atoms with Crippen LogP contribution in [-0.2, 0) is 17.8 Å². The number of aromatic nitrogens is 4. The number of thioether (sulfide) groups is 1. The van der Waals surface area contributed by atoms with Gasteiger partial charge in [0.1, 0.15) is 5.76 Å². The average Bonchev–Trinajstić information content (AvgIpc) is 3.21.